The summed E-state index contributed by atoms with van der Waals surface area (Å²) < 4.78 is 0. The molecule has 124 valence electrons. The number of nitrogens with zero attached hydrogens (tertiary/aromatic N) is 5. The van der Waals surface area contributed by atoms with Gasteiger partial charge in [0.2, 0.25) is 0 Å². The summed E-state index contributed by atoms with van der Waals surface area (Å²) >= 11 is 0. The van der Waals surface area contributed by atoms with Gasteiger partial charge in [0.05, 0.1) is 11.9 Å². The van der Waals surface area contributed by atoms with Gasteiger partial charge in [-0.3, -0.25) is 4.98 Å². The third kappa shape index (κ3) is 3.89. The van der Waals surface area contributed by atoms with Crippen LogP contribution < -0.4 is 10.6 Å². The lowest BCUT2D eigenvalue weighted by Crippen LogP contribution is -2.30. The fraction of sp³-hybridized carbons (Fsp3) is 0.438. The summed E-state index contributed by atoms with van der Waals surface area (Å²) in [5, 5.41) is 0. The molecule has 3 heterocycles. The summed E-state index contributed by atoms with van der Waals surface area (Å²) in [6.07, 6.45) is 6.47. The molecule has 7 heteroatoms. The third-order valence-corrected chi connectivity index (χ3v) is 4.10. The van der Waals surface area contributed by atoms with Crippen molar-refractivity contribution in [2.75, 3.05) is 43.9 Å². The van der Waals surface area contributed by atoms with Crippen LogP contribution in [0.3, 0.4) is 0 Å². The Morgan fingerprint density at radius 2 is 1.96 bits per heavy atom. The summed E-state index contributed by atoms with van der Waals surface area (Å²) in [6, 6.07) is 1.97. The van der Waals surface area contributed by atoms with E-state index in [4.69, 9.17) is 10.7 Å². The van der Waals surface area contributed by atoms with Gasteiger partial charge in [-0.1, -0.05) is 0 Å². The van der Waals surface area contributed by atoms with Crippen LogP contribution in [0.15, 0.2) is 24.7 Å². The first-order valence-electron chi connectivity index (χ1n) is 7.62. The number of aryl methyl sites for hydroxylation is 1. The standard InChI is InChI=1S/C16H22N6.ClH/c1-12-10-18-5-4-13(12)14-11-19-15(17)16(20-14)22-7-3-6-21(2)8-9-22;/h4-5,10-11H,3,6-9H2,1-2H3,(H2,17,19);1H. The van der Waals surface area contributed by atoms with E-state index in [0.29, 0.717) is 5.82 Å². The summed E-state index contributed by atoms with van der Waals surface area (Å²) in [6.45, 7) is 6.03. The highest BCUT2D eigenvalue weighted by Gasteiger charge is 2.18. The Morgan fingerprint density at radius 1 is 1.13 bits per heavy atom. The highest BCUT2D eigenvalue weighted by molar-refractivity contribution is 5.85. The van der Waals surface area contributed by atoms with Gasteiger partial charge in [0, 0.05) is 37.6 Å². The van der Waals surface area contributed by atoms with Crippen molar-refractivity contribution in [3.8, 4) is 11.3 Å². The molecule has 2 aromatic heterocycles. The maximum absolute atomic E-state index is 6.08. The molecule has 1 aliphatic rings. The lowest BCUT2D eigenvalue weighted by molar-refractivity contribution is 0.360. The predicted octanol–water partition coefficient (Wildman–Crippen LogP) is 1.99. The number of likely N-dealkylation sites (N-methyl/N-ethyl adjacent to an activating group) is 1. The lowest BCUT2D eigenvalue weighted by Gasteiger charge is -2.23. The first-order chi connectivity index (χ1) is 10.6. The number of nitrogens with two attached hydrogens (primary N) is 1. The van der Waals surface area contributed by atoms with Crippen LogP contribution in [0.25, 0.3) is 11.3 Å². The summed E-state index contributed by atoms with van der Waals surface area (Å²) in [7, 11) is 2.15. The Balaban J connectivity index is 0.00000192. The molecule has 0 aromatic carbocycles. The van der Waals surface area contributed by atoms with Gasteiger partial charge in [-0.05, 0) is 38.6 Å². The van der Waals surface area contributed by atoms with E-state index in [0.717, 1.165) is 55.2 Å². The molecule has 1 saturated heterocycles. The first-order valence-corrected chi connectivity index (χ1v) is 7.62. The van der Waals surface area contributed by atoms with Gasteiger partial charge in [-0.15, -0.1) is 12.4 Å². The van der Waals surface area contributed by atoms with Crippen molar-refractivity contribution in [1.82, 2.24) is 19.9 Å². The average molecular weight is 335 g/mol. The molecular formula is C16H23ClN6. The minimum absolute atomic E-state index is 0. The molecule has 0 bridgehead atoms. The number of rotatable bonds is 2. The monoisotopic (exact) mass is 334 g/mol. The minimum Gasteiger partial charge on any atom is -0.381 e. The quantitative estimate of drug-likeness (QED) is 0.905. The van der Waals surface area contributed by atoms with Crippen LogP contribution >= 0.6 is 12.4 Å². The number of halogens is 1. The second-order valence-corrected chi connectivity index (χ2v) is 5.80. The molecular weight excluding hydrogens is 312 g/mol. The van der Waals surface area contributed by atoms with Crippen molar-refractivity contribution >= 4 is 24.0 Å². The van der Waals surface area contributed by atoms with E-state index < -0.39 is 0 Å². The van der Waals surface area contributed by atoms with Crippen LogP contribution in [0, 0.1) is 6.92 Å². The van der Waals surface area contributed by atoms with Crippen LogP contribution in [0.1, 0.15) is 12.0 Å². The van der Waals surface area contributed by atoms with Crippen molar-refractivity contribution in [2.45, 2.75) is 13.3 Å². The van der Waals surface area contributed by atoms with Crippen molar-refractivity contribution < 1.29 is 0 Å². The smallest absolute Gasteiger partial charge is 0.172 e. The van der Waals surface area contributed by atoms with Gasteiger partial charge in [0.25, 0.3) is 0 Å². The van der Waals surface area contributed by atoms with Crippen LogP contribution in [0.2, 0.25) is 0 Å². The van der Waals surface area contributed by atoms with E-state index in [1.807, 2.05) is 19.2 Å². The van der Waals surface area contributed by atoms with Gasteiger partial charge in [-0.25, -0.2) is 9.97 Å². The second kappa shape index (κ2) is 7.57. The molecule has 0 aliphatic carbocycles. The highest BCUT2D eigenvalue weighted by atomic mass is 35.5. The van der Waals surface area contributed by atoms with E-state index in [9.17, 15) is 0 Å². The fourth-order valence-corrected chi connectivity index (χ4v) is 2.77. The van der Waals surface area contributed by atoms with Crippen LogP contribution in [-0.4, -0.2) is 53.1 Å². The molecule has 1 aliphatic heterocycles. The van der Waals surface area contributed by atoms with Crippen molar-refractivity contribution in [3.63, 3.8) is 0 Å². The Labute approximate surface area is 143 Å². The average Bonchev–Trinajstić information content (AvgIpc) is 2.73. The molecule has 0 amide bonds. The molecule has 0 spiro atoms. The maximum Gasteiger partial charge on any atom is 0.172 e. The zero-order valence-electron chi connectivity index (χ0n) is 13.6. The molecule has 0 radical (unpaired) electrons. The number of nitrogen functional groups attached to an aromatic ring is 1. The fourth-order valence-electron chi connectivity index (χ4n) is 2.77. The molecule has 0 atom stereocenters. The largest absolute Gasteiger partial charge is 0.381 e. The number of pyridine rings is 1. The van der Waals surface area contributed by atoms with Crippen LogP contribution in [-0.2, 0) is 0 Å². The first kappa shape index (κ1) is 17.4. The van der Waals surface area contributed by atoms with Gasteiger partial charge in [-0.2, -0.15) is 0 Å². The Hall–Kier alpha value is -1.92. The molecule has 6 nitrogen and oxygen atoms in total. The predicted molar refractivity (Wildman–Crippen MR) is 96.0 cm³/mol. The summed E-state index contributed by atoms with van der Waals surface area (Å²) in [4.78, 5) is 17.9. The maximum atomic E-state index is 6.08. The molecule has 1 fully saturated rings. The number of anilines is 2. The van der Waals surface area contributed by atoms with E-state index in [1.54, 1.807) is 12.4 Å². The van der Waals surface area contributed by atoms with Crippen molar-refractivity contribution in [2.24, 2.45) is 0 Å². The highest BCUT2D eigenvalue weighted by Crippen LogP contribution is 2.26. The second-order valence-electron chi connectivity index (χ2n) is 5.80. The SMILES string of the molecule is Cc1cnccc1-c1cnc(N)c(N2CCCN(C)CC2)n1.Cl. The zero-order chi connectivity index (χ0) is 15.5. The number of hydrogen-bond donors (Lipinski definition) is 1. The van der Waals surface area contributed by atoms with Gasteiger partial charge in [0.1, 0.15) is 0 Å². The normalized spacial score (nSPS) is 15.8. The number of aromatic nitrogens is 3. The summed E-state index contributed by atoms with van der Waals surface area (Å²) in [5.74, 6) is 1.30. The van der Waals surface area contributed by atoms with Crippen molar-refractivity contribution in [1.29, 1.82) is 0 Å². The van der Waals surface area contributed by atoms with Gasteiger partial charge < -0.3 is 15.5 Å². The van der Waals surface area contributed by atoms with E-state index in [2.05, 4.69) is 26.8 Å². The van der Waals surface area contributed by atoms with Crippen LogP contribution in [0.5, 0.6) is 0 Å². The minimum atomic E-state index is 0. The summed E-state index contributed by atoms with van der Waals surface area (Å²) in [5.41, 5.74) is 9.07. The Morgan fingerprint density at radius 3 is 2.74 bits per heavy atom. The van der Waals surface area contributed by atoms with E-state index in [-0.39, 0.29) is 12.4 Å². The van der Waals surface area contributed by atoms with Gasteiger partial charge in [0.15, 0.2) is 11.6 Å². The zero-order valence-corrected chi connectivity index (χ0v) is 14.4. The number of hydrogen-bond acceptors (Lipinski definition) is 6. The third-order valence-electron chi connectivity index (χ3n) is 4.10. The lowest BCUT2D eigenvalue weighted by atomic mass is 10.1. The van der Waals surface area contributed by atoms with E-state index >= 15 is 0 Å². The van der Waals surface area contributed by atoms with Gasteiger partial charge >= 0.3 is 0 Å². The van der Waals surface area contributed by atoms with Crippen LogP contribution in [0.4, 0.5) is 11.6 Å². The van der Waals surface area contributed by atoms with E-state index in [1.165, 1.54) is 0 Å². The molecule has 2 aromatic rings. The Bertz CT molecular complexity index is 663. The molecule has 0 saturated carbocycles. The topological polar surface area (TPSA) is 71.2 Å². The molecule has 3 rings (SSSR count). The molecule has 0 unspecified atom stereocenters. The van der Waals surface area contributed by atoms with Crippen molar-refractivity contribution in [3.05, 3.63) is 30.2 Å². The molecule has 23 heavy (non-hydrogen) atoms. The Kier molecular flexibility index (Phi) is 5.74. The molecule has 2 N–H and O–H groups in total.